The first-order chi connectivity index (χ1) is 5.79. The van der Waals surface area contributed by atoms with Crippen molar-refractivity contribution in [3.05, 3.63) is 0 Å². The third-order valence-electron chi connectivity index (χ3n) is 3.42. The van der Waals surface area contributed by atoms with Crippen LogP contribution in [0.5, 0.6) is 0 Å². The molecule has 2 saturated carbocycles. The van der Waals surface area contributed by atoms with Crippen LogP contribution >= 0.6 is 0 Å². The summed E-state index contributed by atoms with van der Waals surface area (Å²) in [7, 11) is 0. The Labute approximate surface area is 74.1 Å². The second-order valence-corrected chi connectivity index (χ2v) is 4.44. The highest BCUT2D eigenvalue weighted by Crippen LogP contribution is 2.39. The van der Waals surface area contributed by atoms with E-state index in [4.69, 9.17) is 5.73 Å². The molecule has 12 heavy (non-hydrogen) atoms. The minimum Gasteiger partial charge on any atom is -0.392 e. The normalized spacial score (nSPS) is 39.5. The molecule has 70 valence electrons. The number of rotatable bonds is 2. The van der Waals surface area contributed by atoms with E-state index in [0.29, 0.717) is 11.8 Å². The van der Waals surface area contributed by atoms with Crippen molar-refractivity contribution in [2.45, 2.75) is 50.7 Å². The third-order valence-corrected chi connectivity index (χ3v) is 3.42. The molecule has 2 aliphatic carbocycles. The van der Waals surface area contributed by atoms with Crippen LogP contribution in [0.4, 0.5) is 0 Å². The Bertz CT molecular complexity index is 156. The van der Waals surface area contributed by atoms with E-state index in [0.717, 1.165) is 12.8 Å². The number of hydrogen-bond donors (Lipinski definition) is 2. The van der Waals surface area contributed by atoms with Gasteiger partial charge in [-0.3, -0.25) is 0 Å². The van der Waals surface area contributed by atoms with Gasteiger partial charge >= 0.3 is 0 Å². The molecule has 0 aliphatic heterocycles. The lowest BCUT2D eigenvalue weighted by Crippen LogP contribution is -2.41. The number of aliphatic hydroxyl groups excluding tert-OH is 1. The Morgan fingerprint density at radius 1 is 1.08 bits per heavy atom. The molecule has 2 nitrogen and oxygen atoms in total. The van der Waals surface area contributed by atoms with Crippen LogP contribution in [0.2, 0.25) is 0 Å². The fourth-order valence-corrected chi connectivity index (χ4v) is 2.40. The second kappa shape index (κ2) is 3.35. The van der Waals surface area contributed by atoms with Crippen LogP contribution in [0.1, 0.15) is 38.5 Å². The maximum atomic E-state index is 9.90. The van der Waals surface area contributed by atoms with Gasteiger partial charge in [0.15, 0.2) is 0 Å². The number of aliphatic hydroxyl groups is 1. The van der Waals surface area contributed by atoms with Crippen molar-refractivity contribution in [3.63, 3.8) is 0 Å². The van der Waals surface area contributed by atoms with Crippen molar-refractivity contribution in [1.82, 2.24) is 0 Å². The van der Waals surface area contributed by atoms with E-state index < -0.39 is 0 Å². The van der Waals surface area contributed by atoms with Crippen molar-refractivity contribution >= 4 is 0 Å². The van der Waals surface area contributed by atoms with Gasteiger partial charge in [-0.15, -0.1) is 0 Å². The van der Waals surface area contributed by atoms with Crippen molar-refractivity contribution in [2.75, 3.05) is 0 Å². The predicted octanol–water partition coefficient (Wildman–Crippen LogP) is 1.27. The predicted molar refractivity (Wildman–Crippen MR) is 48.7 cm³/mol. The monoisotopic (exact) mass is 169 g/mol. The molecular formula is C10H19NO. The standard InChI is InChI=1S/C10H19NO/c11-9-4-2-1-3-8(9)10(12)7-5-6-7/h7-10,12H,1-6,11H2. The van der Waals surface area contributed by atoms with Gasteiger partial charge in [-0.2, -0.15) is 0 Å². The van der Waals surface area contributed by atoms with Crippen molar-refractivity contribution in [2.24, 2.45) is 17.6 Å². The highest BCUT2D eigenvalue weighted by molar-refractivity contribution is 4.91. The average Bonchev–Trinajstić information content (AvgIpc) is 2.86. The SMILES string of the molecule is NC1CCCCC1C(O)C1CC1. The third kappa shape index (κ3) is 1.64. The molecule has 0 radical (unpaired) electrons. The van der Waals surface area contributed by atoms with Gasteiger partial charge in [0.1, 0.15) is 0 Å². The van der Waals surface area contributed by atoms with Crippen LogP contribution in [0.25, 0.3) is 0 Å². The van der Waals surface area contributed by atoms with Crippen LogP contribution in [0.15, 0.2) is 0 Å². The first kappa shape index (κ1) is 8.52. The van der Waals surface area contributed by atoms with Crippen LogP contribution in [-0.2, 0) is 0 Å². The zero-order chi connectivity index (χ0) is 8.55. The molecule has 3 N–H and O–H groups in total. The highest BCUT2D eigenvalue weighted by Gasteiger charge is 2.38. The fourth-order valence-electron chi connectivity index (χ4n) is 2.40. The highest BCUT2D eigenvalue weighted by atomic mass is 16.3. The summed E-state index contributed by atoms with van der Waals surface area (Å²) in [6.07, 6.45) is 7.17. The molecule has 0 saturated heterocycles. The van der Waals surface area contributed by atoms with E-state index in [1.54, 1.807) is 0 Å². The van der Waals surface area contributed by atoms with Crippen LogP contribution < -0.4 is 5.73 Å². The zero-order valence-corrected chi connectivity index (χ0v) is 7.58. The van der Waals surface area contributed by atoms with Gasteiger partial charge in [0, 0.05) is 12.0 Å². The average molecular weight is 169 g/mol. The molecule has 3 unspecified atom stereocenters. The molecule has 0 aromatic rings. The Hall–Kier alpha value is -0.0800. The molecular weight excluding hydrogens is 150 g/mol. The molecule has 0 aromatic heterocycles. The van der Waals surface area contributed by atoms with Crippen LogP contribution in [-0.4, -0.2) is 17.3 Å². The van der Waals surface area contributed by atoms with E-state index in [-0.39, 0.29) is 12.1 Å². The van der Waals surface area contributed by atoms with Crippen LogP contribution in [0.3, 0.4) is 0 Å². The second-order valence-electron chi connectivity index (χ2n) is 4.44. The molecule has 2 fully saturated rings. The van der Waals surface area contributed by atoms with Crippen molar-refractivity contribution < 1.29 is 5.11 Å². The molecule has 0 bridgehead atoms. The maximum absolute atomic E-state index is 9.90. The topological polar surface area (TPSA) is 46.2 Å². The van der Waals surface area contributed by atoms with E-state index in [2.05, 4.69) is 0 Å². The van der Waals surface area contributed by atoms with Crippen molar-refractivity contribution in [1.29, 1.82) is 0 Å². The quantitative estimate of drug-likeness (QED) is 0.654. The molecule has 2 heteroatoms. The summed E-state index contributed by atoms with van der Waals surface area (Å²) in [6.45, 7) is 0. The number of hydrogen-bond acceptors (Lipinski definition) is 2. The summed E-state index contributed by atoms with van der Waals surface area (Å²) in [6, 6.07) is 0.273. The smallest absolute Gasteiger partial charge is 0.0611 e. The molecule has 0 spiro atoms. The molecule has 0 amide bonds. The summed E-state index contributed by atoms with van der Waals surface area (Å²) in [4.78, 5) is 0. The first-order valence-corrected chi connectivity index (χ1v) is 5.22. The lowest BCUT2D eigenvalue weighted by Gasteiger charge is -2.32. The van der Waals surface area contributed by atoms with Gasteiger partial charge < -0.3 is 10.8 Å². The first-order valence-electron chi connectivity index (χ1n) is 5.22. The van der Waals surface area contributed by atoms with Gasteiger partial charge in [0.25, 0.3) is 0 Å². The maximum Gasteiger partial charge on any atom is 0.0611 e. The van der Waals surface area contributed by atoms with E-state index in [1.165, 1.54) is 25.7 Å². The summed E-state index contributed by atoms with van der Waals surface area (Å²) in [5.41, 5.74) is 5.99. The summed E-state index contributed by atoms with van der Waals surface area (Å²) >= 11 is 0. The molecule has 2 rings (SSSR count). The molecule has 3 atom stereocenters. The zero-order valence-electron chi connectivity index (χ0n) is 7.58. The van der Waals surface area contributed by atoms with Gasteiger partial charge in [-0.05, 0) is 31.6 Å². The van der Waals surface area contributed by atoms with Gasteiger partial charge in [0.2, 0.25) is 0 Å². The lowest BCUT2D eigenvalue weighted by atomic mass is 9.80. The minimum absolute atomic E-state index is 0.0831. The van der Waals surface area contributed by atoms with Gasteiger partial charge in [-0.1, -0.05) is 12.8 Å². The van der Waals surface area contributed by atoms with E-state index >= 15 is 0 Å². The Morgan fingerprint density at radius 2 is 1.75 bits per heavy atom. The Balaban J connectivity index is 1.90. The lowest BCUT2D eigenvalue weighted by molar-refractivity contribution is 0.0548. The summed E-state index contributed by atoms with van der Waals surface area (Å²) in [5, 5.41) is 9.90. The summed E-state index contributed by atoms with van der Waals surface area (Å²) in [5.74, 6) is 1.00. The number of nitrogens with two attached hydrogens (primary N) is 1. The molecule has 0 heterocycles. The fraction of sp³-hybridized carbons (Fsp3) is 1.00. The van der Waals surface area contributed by atoms with E-state index in [1.807, 2.05) is 0 Å². The van der Waals surface area contributed by atoms with E-state index in [9.17, 15) is 5.11 Å². The Kier molecular flexibility index (Phi) is 2.37. The van der Waals surface area contributed by atoms with Gasteiger partial charge in [-0.25, -0.2) is 0 Å². The Morgan fingerprint density at radius 3 is 2.33 bits per heavy atom. The van der Waals surface area contributed by atoms with Gasteiger partial charge in [0.05, 0.1) is 6.10 Å². The largest absolute Gasteiger partial charge is 0.392 e. The molecule has 0 aromatic carbocycles. The minimum atomic E-state index is -0.0831. The summed E-state index contributed by atoms with van der Waals surface area (Å²) < 4.78 is 0. The van der Waals surface area contributed by atoms with Crippen molar-refractivity contribution in [3.8, 4) is 0 Å². The van der Waals surface area contributed by atoms with Crippen LogP contribution in [0, 0.1) is 11.8 Å². The molecule has 2 aliphatic rings.